The number of nitrogens with one attached hydrogen (secondary N) is 1. The van der Waals surface area contributed by atoms with Gasteiger partial charge in [0.1, 0.15) is 5.01 Å². The molecule has 0 saturated heterocycles. The molecule has 108 valence electrons. The molecule has 0 bridgehead atoms. The number of thiazole rings is 1. The minimum absolute atomic E-state index is 0.264. The Kier molecular flexibility index (Phi) is 4.35. The molecule has 0 aromatic carbocycles. The lowest BCUT2D eigenvalue weighted by molar-refractivity contribution is 0.355. The Labute approximate surface area is 124 Å². The fourth-order valence-electron chi connectivity index (χ4n) is 2.98. The summed E-state index contributed by atoms with van der Waals surface area (Å²) in [6, 6.07) is 0.877. The normalized spacial score (nSPS) is 18.1. The smallest absolute Gasteiger partial charge is 0.203 e. The van der Waals surface area contributed by atoms with Crippen molar-refractivity contribution in [1.82, 2.24) is 14.5 Å². The maximum atomic E-state index is 4.52. The van der Waals surface area contributed by atoms with E-state index >= 15 is 0 Å². The molecule has 1 aliphatic carbocycles. The molecule has 3 rings (SSSR count). The van der Waals surface area contributed by atoms with Crippen molar-refractivity contribution in [2.75, 3.05) is 5.32 Å². The zero-order valence-electron chi connectivity index (χ0n) is 12.0. The summed E-state index contributed by atoms with van der Waals surface area (Å²) in [5, 5.41) is 6.76. The third-order valence-electron chi connectivity index (χ3n) is 4.10. The van der Waals surface area contributed by atoms with Gasteiger partial charge in [-0.15, -0.1) is 11.3 Å². The second kappa shape index (κ2) is 6.39. The van der Waals surface area contributed by atoms with Gasteiger partial charge in [-0.2, -0.15) is 0 Å². The van der Waals surface area contributed by atoms with Gasteiger partial charge in [-0.05, 0) is 19.3 Å². The van der Waals surface area contributed by atoms with E-state index in [2.05, 4.69) is 33.0 Å². The summed E-state index contributed by atoms with van der Waals surface area (Å²) in [5.74, 6) is 0.999. The second-order valence-corrected chi connectivity index (χ2v) is 6.35. The van der Waals surface area contributed by atoms with Crippen LogP contribution in [0.5, 0.6) is 0 Å². The number of aromatic nitrogens is 3. The first-order chi connectivity index (χ1) is 9.88. The SMILES string of the molecule is CCC(Nc1nccn1C1CCCCC1)c1nccs1. The predicted molar refractivity (Wildman–Crippen MR) is 83.1 cm³/mol. The van der Waals surface area contributed by atoms with E-state index < -0.39 is 0 Å². The average Bonchev–Trinajstić information content (AvgIpc) is 3.17. The van der Waals surface area contributed by atoms with Crippen molar-refractivity contribution in [3.8, 4) is 0 Å². The van der Waals surface area contributed by atoms with Crippen LogP contribution in [0.15, 0.2) is 24.0 Å². The molecule has 0 radical (unpaired) electrons. The monoisotopic (exact) mass is 290 g/mol. The van der Waals surface area contributed by atoms with E-state index in [9.17, 15) is 0 Å². The van der Waals surface area contributed by atoms with Gasteiger partial charge in [-0.1, -0.05) is 26.2 Å². The van der Waals surface area contributed by atoms with Gasteiger partial charge in [0.15, 0.2) is 0 Å². The van der Waals surface area contributed by atoms with Gasteiger partial charge in [0, 0.05) is 30.0 Å². The lowest BCUT2D eigenvalue weighted by atomic mass is 9.95. The Morgan fingerprint density at radius 1 is 1.30 bits per heavy atom. The lowest BCUT2D eigenvalue weighted by Crippen LogP contribution is -2.18. The molecular formula is C15H22N4S. The Balaban J connectivity index is 1.75. The molecule has 1 saturated carbocycles. The number of rotatable bonds is 5. The number of hydrogen-bond acceptors (Lipinski definition) is 4. The van der Waals surface area contributed by atoms with Gasteiger partial charge >= 0.3 is 0 Å². The van der Waals surface area contributed by atoms with Crippen molar-refractivity contribution < 1.29 is 0 Å². The molecule has 20 heavy (non-hydrogen) atoms. The molecule has 2 aromatic rings. The molecule has 0 spiro atoms. The first kappa shape index (κ1) is 13.6. The zero-order chi connectivity index (χ0) is 13.8. The fraction of sp³-hybridized carbons (Fsp3) is 0.600. The van der Waals surface area contributed by atoms with Crippen molar-refractivity contribution in [2.45, 2.75) is 57.5 Å². The number of anilines is 1. The second-order valence-electron chi connectivity index (χ2n) is 5.43. The lowest BCUT2D eigenvalue weighted by Gasteiger charge is -2.26. The molecule has 1 unspecified atom stereocenters. The summed E-state index contributed by atoms with van der Waals surface area (Å²) >= 11 is 1.71. The van der Waals surface area contributed by atoms with Gasteiger partial charge in [-0.3, -0.25) is 0 Å². The van der Waals surface area contributed by atoms with E-state index in [-0.39, 0.29) is 6.04 Å². The van der Waals surface area contributed by atoms with Crippen LogP contribution < -0.4 is 5.32 Å². The summed E-state index contributed by atoms with van der Waals surface area (Å²) in [5.41, 5.74) is 0. The molecule has 2 heterocycles. The first-order valence-electron chi connectivity index (χ1n) is 7.57. The Hall–Kier alpha value is -1.36. The molecule has 1 aliphatic rings. The Morgan fingerprint density at radius 3 is 2.85 bits per heavy atom. The van der Waals surface area contributed by atoms with Gasteiger partial charge < -0.3 is 9.88 Å². The van der Waals surface area contributed by atoms with Crippen LogP contribution >= 0.6 is 11.3 Å². The topological polar surface area (TPSA) is 42.7 Å². The molecule has 5 heteroatoms. The molecule has 0 aliphatic heterocycles. The average molecular weight is 290 g/mol. The van der Waals surface area contributed by atoms with Crippen LogP contribution in [0, 0.1) is 0 Å². The van der Waals surface area contributed by atoms with Gasteiger partial charge in [-0.25, -0.2) is 9.97 Å². The van der Waals surface area contributed by atoms with E-state index in [0.29, 0.717) is 6.04 Å². The highest BCUT2D eigenvalue weighted by molar-refractivity contribution is 7.09. The maximum Gasteiger partial charge on any atom is 0.203 e. The highest BCUT2D eigenvalue weighted by atomic mass is 32.1. The van der Waals surface area contributed by atoms with Crippen molar-refractivity contribution >= 4 is 17.3 Å². The largest absolute Gasteiger partial charge is 0.346 e. The van der Waals surface area contributed by atoms with E-state index in [1.54, 1.807) is 11.3 Å². The third-order valence-corrected chi connectivity index (χ3v) is 4.99. The Bertz CT molecular complexity index is 514. The number of imidazole rings is 1. The van der Waals surface area contributed by atoms with E-state index in [0.717, 1.165) is 17.4 Å². The van der Waals surface area contributed by atoms with Gasteiger partial charge in [0.25, 0.3) is 0 Å². The van der Waals surface area contributed by atoms with E-state index in [1.165, 1.54) is 32.1 Å². The summed E-state index contributed by atoms with van der Waals surface area (Å²) in [6.07, 6.45) is 13.5. The molecule has 2 aromatic heterocycles. The highest BCUT2D eigenvalue weighted by Crippen LogP contribution is 2.31. The molecule has 1 N–H and O–H groups in total. The third kappa shape index (κ3) is 2.87. The Morgan fingerprint density at radius 2 is 2.15 bits per heavy atom. The van der Waals surface area contributed by atoms with Crippen LogP contribution in [-0.4, -0.2) is 14.5 Å². The van der Waals surface area contributed by atoms with Crippen molar-refractivity contribution in [1.29, 1.82) is 0 Å². The summed E-state index contributed by atoms with van der Waals surface area (Å²) < 4.78 is 2.33. The van der Waals surface area contributed by atoms with E-state index in [1.807, 2.05) is 17.8 Å². The molecular weight excluding hydrogens is 268 g/mol. The summed E-state index contributed by atoms with van der Waals surface area (Å²) in [6.45, 7) is 2.19. The number of nitrogens with zero attached hydrogens (tertiary/aromatic N) is 3. The van der Waals surface area contributed by atoms with Crippen LogP contribution in [0.2, 0.25) is 0 Å². The van der Waals surface area contributed by atoms with Crippen LogP contribution in [0.25, 0.3) is 0 Å². The van der Waals surface area contributed by atoms with Crippen molar-refractivity contribution in [2.24, 2.45) is 0 Å². The van der Waals surface area contributed by atoms with E-state index in [4.69, 9.17) is 0 Å². The molecule has 0 amide bonds. The first-order valence-corrected chi connectivity index (χ1v) is 8.45. The minimum atomic E-state index is 0.264. The molecule has 1 fully saturated rings. The van der Waals surface area contributed by atoms with Crippen LogP contribution in [0.3, 0.4) is 0 Å². The standard InChI is InChI=1S/C15H22N4S/c1-2-13(14-16-9-11-20-14)18-15-17-8-10-19(15)12-6-4-3-5-7-12/h8-13H,2-7H2,1H3,(H,17,18). The van der Waals surface area contributed by atoms with Crippen LogP contribution in [-0.2, 0) is 0 Å². The molecule has 4 nitrogen and oxygen atoms in total. The summed E-state index contributed by atoms with van der Waals surface area (Å²) in [4.78, 5) is 8.95. The zero-order valence-corrected chi connectivity index (χ0v) is 12.8. The van der Waals surface area contributed by atoms with Crippen molar-refractivity contribution in [3.63, 3.8) is 0 Å². The van der Waals surface area contributed by atoms with Gasteiger partial charge in [0.2, 0.25) is 5.95 Å². The number of hydrogen-bond donors (Lipinski definition) is 1. The fourth-order valence-corrected chi connectivity index (χ4v) is 3.75. The summed E-state index contributed by atoms with van der Waals surface area (Å²) in [7, 11) is 0. The predicted octanol–water partition coefficient (Wildman–Crippen LogP) is 4.41. The highest BCUT2D eigenvalue weighted by Gasteiger charge is 2.20. The van der Waals surface area contributed by atoms with Crippen molar-refractivity contribution in [3.05, 3.63) is 29.0 Å². The minimum Gasteiger partial charge on any atom is -0.346 e. The quantitative estimate of drug-likeness (QED) is 0.887. The molecule has 1 atom stereocenters. The van der Waals surface area contributed by atoms with Crippen LogP contribution in [0.1, 0.15) is 62.5 Å². The van der Waals surface area contributed by atoms with Crippen LogP contribution in [0.4, 0.5) is 5.95 Å². The maximum absolute atomic E-state index is 4.52. The van der Waals surface area contributed by atoms with Gasteiger partial charge in [0.05, 0.1) is 6.04 Å².